The van der Waals surface area contributed by atoms with Crippen LogP contribution in [-0.4, -0.2) is 30.1 Å². The van der Waals surface area contributed by atoms with Gasteiger partial charge >= 0.3 is 0 Å². The van der Waals surface area contributed by atoms with Crippen LogP contribution in [0.15, 0.2) is 35.3 Å². The van der Waals surface area contributed by atoms with Crippen LogP contribution >= 0.6 is 0 Å². The molecule has 0 bridgehead atoms. The fraction of sp³-hybridized carbons (Fsp3) is 0.588. The number of fused-ring (bicyclic) bond motifs is 1. The van der Waals surface area contributed by atoms with Crippen molar-refractivity contribution in [1.29, 1.82) is 0 Å². The molecule has 0 aliphatic carbocycles. The maximum atomic E-state index is 6.22. The zero-order valence-electron chi connectivity index (χ0n) is 12.3. The van der Waals surface area contributed by atoms with Gasteiger partial charge in [-0.3, -0.25) is 0 Å². The van der Waals surface area contributed by atoms with E-state index in [1.54, 1.807) is 0 Å². The lowest BCUT2D eigenvalue weighted by Crippen LogP contribution is -2.39. The predicted molar refractivity (Wildman–Crippen MR) is 81.8 cm³/mol. The molecule has 3 rings (SSSR count). The molecule has 0 radical (unpaired) electrons. The fourth-order valence-electron chi connectivity index (χ4n) is 3.16. The second kappa shape index (κ2) is 6.29. The molecule has 0 aromatic heterocycles. The summed E-state index contributed by atoms with van der Waals surface area (Å²) in [5.74, 6) is 0. The van der Waals surface area contributed by atoms with Crippen molar-refractivity contribution >= 4 is 6.02 Å². The van der Waals surface area contributed by atoms with Crippen LogP contribution in [0, 0.1) is 0 Å². The van der Waals surface area contributed by atoms with Crippen LogP contribution in [0.3, 0.4) is 0 Å². The Balaban J connectivity index is 1.80. The van der Waals surface area contributed by atoms with Crippen molar-refractivity contribution in [3.63, 3.8) is 0 Å². The molecule has 0 amide bonds. The van der Waals surface area contributed by atoms with Gasteiger partial charge in [0.2, 0.25) is 0 Å². The van der Waals surface area contributed by atoms with E-state index >= 15 is 0 Å². The highest BCUT2D eigenvalue weighted by molar-refractivity contribution is 5.77. The van der Waals surface area contributed by atoms with Crippen LogP contribution in [0.5, 0.6) is 0 Å². The third-order valence-electron chi connectivity index (χ3n) is 4.26. The van der Waals surface area contributed by atoms with Crippen molar-refractivity contribution in [3.8, 4) is 0 Å². The lowest BCUT2D eigenvalue weighted by molar-refractivity contribution is 0.168. The Morgan fingerprint density at radius 2 is 2.10 bits per heavy atom. The fourth-order valence-corrected chi connectivity index (χ4v) is 3.16. The first-order valence-corrected chi connectivity index (χ1v) is 7.93. The molecular formula is C17H24N2O. The van der Waals surface area contributed by atoms with Crippen LogP contribution in [0.4, 0.5) is 0 Å². The summed E-state index contributed by atoms with van der Waals surface area (Å²) in [6.07, 6.45) is 6.26. The Bertz CT molecular complexity index is 457. The quantitative estimate of drug-likeness (QED) is 0.779. The Hall–Kier alpha value is -1.51. The molecule has 1 aromatic rings. The van der Waals surface area contributed by atoms with E-state index in [2.05, 4.69) is 42.2 Å². The predicted octanol–water partition coefficient (Wildman–Crippen LogP) is 3.77. The summed E-state index contributed by atoms with van der Waals surface area (Å²) in [5.41, 5.74) is 1.28. The standard InChI is InChI=1S/C17H24N2O/c1-2-3-12-18-17-19-13-8-7-11-15(19)16(20-17)14-9-5-4-6-10-14/h4-6,9-10,15-16H,2-3,7-8,11-13H2,1H3/t15-,16+/m1/s1. The molecule has 2 atom stereocenters. The minimum Gasteiger partial charge on any atom is -0.455 e. The van der Waals surface area contributed by atoms with Crippen molar-refractivity contribution in [2.24, 2.45) is 4.99 Å². The summed E-state index contributed by atoms with van der Waals surface area (Å²) in [4.78, 5) is 7.09. The van der Waals surface area contributed by atoms with Gasteiger partial charge in [-0.25, -0.2) is 4.99 Å². The van der Waals surface area contributed by atoms with Crippen LogP contribution in [0.1, 0.15) is 50.7 Å². The Morgan fingerprint density at radius 1 is 1.25 bits per heavy atom. The van der Waals surface area contributed by atoms with E-state index < -0.39 is 0 Å². The van der Waals surface area contributed by atoms with Crippen LogP contribution in [0.25, 0.3) is 0 Å². The normalized spacial score (nSPS) is 27.4. The van der Waals surface area contributed by atoms with E-state index in [9.17, 15) is 0 Å². The number of amidine groups is 1. The number of hydrogen-bond donors (Lipinski definition) is 0. The van der Waals surface area contributed by atoms with Gasteiger partial charge in [0, 0.05) is 13.1 Å². The first-order chi connectivity index (χ1) is 9.90. The average molecular weight is 272 g/mol. The monoisotopic (exact) mass is 272 g/mol. The molecule has 0 N–H and O–H groups in total. The maximum Gasteiger partial charge on any atom is 0.288 e. The van der Waals surface area contributed by atoms with Gasteiger partial charge in [0.05, 0.1) is 6.04 Å². The van der Waals surface area contributed by atoms with Crippen molar-refractivity contribution in [2.75, 3.05) is 13.1 Å². The van der Waals surface area contributed by atoms with Crippen LogP contribution in [0.2, 0.25) is 0 Å². The third-order valence-corrected chi connectivity index (χ3v) is 4.26. The van der Waals surface area contributed by atoms with Gasteiger partial charge in [-0.05, 0) is 31.2 Å². The molecule has 0 spiro atoms. The minimum absolute atomic E-state index is 0.164. The summed E-state index contributed by atoms with van der Waals surface area (Å²) in [6.45, 7) is 4.18. The van der Waals surface area contributed by atoms with Gasteiger partial charge in [-0.2, -0.15) is 0 Å². The Labute approximate surface area is 121 Å². The van der Waals surface area contributed by atoms with E-state index in [1.165, 1.54) is 31.2 Å². The molecule has 1 aromatic carbocycles. The van der Waals surface area contributed by atoms with Crippen LogP contribution < -0.4 is 0 Å². The summed E-state index contributed by atoms with van der Waals surface area (Å²) in [5, 5.41) is 0. The van der Waals surface area contributed by atoms with Crippen LogP contribution in [-0.2, 0) is 4.74 Å². The molecule has 20 heavy (non-hydrogen) atoms. The Kier molecular flexibility index (Phi) is 4.24. The molecule has 2 fully saturated rings. The van der Waals surface area contributed by atoms with Gasteiger partial charge in [0.1, 0.15) is 6.10 Å². The molecule has 3 nitrogen and oxygen atoms in total. The van der Waals surface area contributed by atoms with Gasteiger partial charge in [0.25, 0.3) is 6.02 Å². The number of hydrogen-bond acceptors (Lipinski definition) is 2. The summed E-state index contributed by atoms with van der Waals surface area (Å²) >= 11 is 0. The van der Waals surface area contributed by atoms with Crippen molar-refractivity contribution in [1.82, 2.24) is 4.90 Å². The SMILES string of the molecule is CCCCN=C1O[C@@H](c2ccccc2)[C@H]2CCCCN12. The molecule has 0 unspecified atom stereocenters. The smallest absolute Gasteiger partial charge is 0.288 e. The number of unbranched alkanes of at least 4 members (excludes halogenated alkanes) is 1. The number of piperidine rings is 1. The summed E-state index contributed by atoms with van der Waals surface area (Å²) in [7, 11) is 0. The van der Waals surface area contributed by atoms with E-state index in [0.717, 1.165) is 25.5 Å². The summed E-state index contributed by atoms with van der Waals surface area (Å²) < 4.78 is 6.22. The minimum atomic E-state index is 0.164. The lowest BCUT2D eigenvalue weighted by Gasteiger charge is -2.30. The topological polar surface area (TPSA) is 24.8 Å². The second-order valence-electron chi connectivity index (χ2n) is 5.72. The van der Waals surface area contributed by atoms with E-state index in [4.69, 9.17) is 9.73 Å². The lowest BCUT2D eigenvalue weighted by atomic mass is 9.94. The van der Waals surface area contributed by atoms with Crippen molar-refractivity contribution in [2.45, 2.75) is 51.2 Å². The van der Waals surface area contributed by atoms with Gasteiger partial charge in [-0.15, -0.1) is 0 Å². The number of nitrogens with zero attached hydrogens (tertiary/aromatic N) is 2. The van der Waals surface area contributed by atoms with Gasteiger partial charge in [0.15, 0.2) is 0 Å². The molecule has 108 valence electrons. The number of ether oxygens (including phenoxy) is 1. The van der Waals surface area contributed by atoms with Gasteiger partial charge in [-0.1, -0.05) is 43.7 Å². The zero-order chi connectivity index (χ0) is 13.8. The van der Waals surface area contributed by atoms with Crippen molar-refractivity contribution < 1.29 is 4.74 Å². The Morgan fingerprint density at radius 3 is 2.90 bits per heavy atom. The summed E-state index contributed by atoms with van der Waals surface area (Å²) in [6, 6.07) is 12.0. The highest BCUT2D eigenvalue weighted by Crippen LogP contribution is 2.37. The highest BCUT2D eigenvalue weighted by atomic mass is 16.5. The maximum absolute atomic E-state index is 6.22. The molecule has 2 heterocycles. The molecule has 2 aliphatic rings. The largest absolute Gasteiger partial charge is 0.455 e. The third kappa shape index (κ3) is 2.67. The molecular weight excluding hydrogens is 248 g/mol. The van der Waals surface area contributed by atoms with Gasteiger partial charge < -0.3 is 9.64 Å². The molecule has 3 heteroatoms. The van der Waals surface area contributed by atoms with Crippen molar-refractivity contribution in [3.05, 3.63) is 35.9 Å². The number of aliphatic imine (C=N–C) groups is 1. The van der Waals surface area contributed by atoms with E-state index in [0.29, 0.717) is 6.04 Å². The molecule has 0 saturated carbocycles. The average Bonchev–Trinajstić information content (AvgIpc) is 2.88. The zero-order valence-corrected chi connectivity index (χ0v) is 12.3. The second-order valence-corrected chi connectivity index (χ2v) is 5.72. The highest BCUT2D eigenvalue weighted by Gasteiger charge is 2.41. The number of benzene rings is 1. The van der Waals surface area contributed by atoms with E-state index in [1.807, 2.05) is 0 Å². The van der Waals surface area contributed by atoms with E-state index in [-0.39, 0.29) is 6.10 Å². The molecule has 2 saturated heterocycles. The first-order valence-electron chi connectivity index (χ1n) is 7.93. The molecule has 2 aliphatic heterocycles. The number of rotatable bonds is 4. The first kappa shape index (κ1) is 13.5.